The van der Waals surface area contributed by atoms with Crippen molar-refractivity contribution < 1.29 is 9.16 Å². The van der Waals surface area contributed by atoms with Crippen LogP contribution in [0.2, 0.25) is 18.1 Å². The van der Waals surface area contributed by atoms with E-state index in [0.29, 0.717) is 25.2 Å². The Bertz CT molecular complexity index is 765. The third-order valence-corrected chi connectivity index (χ3v) is 11.3. The Hall–Kier alpha value is -1.43. The quantitative estimate of drug-likeness (QED) is 0.256. The molecule has 0 bridgehead atoms. The van der Waals surface area contributed by atoms with Gasteiger partial charge < -0.3 is 14.1 Å². The fourth-order valence-corrected chi connectivity index (χ4v) is 4.36. The van der Waals surface area contributed by atoms with Crippen LogP contribution < -0.4 is 0 Å². The van der Waals surface area contributed by atoms with E-state index in [-0.39, 0.29) is 11.1 Å². The van der Waals surface area contributed by atoms with Gasteiger partial charge in [-0.2, -0.15) is 0 Å². The number of ether oxygens (including phenoxy) is 1. The second-order valence-electron chi connectivity index (χ2n) is 10.6. The molecule has 0 unspecified atom stereocenters. The largest absolute Gasteiger partial charge is 0.413 e. The Morgan fingerprint density at radius 2 is 1.90 bits per heavy atom. The van der Waals surface area contributed by atoms with Gasteiger partial charge in [0.25, 0.3) is 0 Å². The molecular formula is C26H44N2O2Si. The monoisotopic (exact) mass is 444 g/mol. The summed E-state index contributed by atoms with van der Waals surface area (Å²) in [5.41, 5.74) is 2.37. The second-order valence-corrected chi connectivity index (χ2v) is 15.5. The molecule has 2 atom stereocenters. The van der Waals surface area contributed by atoms with Crippen molar-refractivity contribution >= 4 is 14.2 Å². The van der Waals surface area contributed by atoms with Gasteiger partial charge in [-0.1, -0.05) is 65.0 Å². The molecule has 0 fully saturated rings. The predicted octanol–water partition coefficient (Wildman–Crippen LogP) is 6.62. The first-order valence-electron chi connectivity index (χ1n) is 11.7. The van der Waals surface area contributed by atoms with Gasteiger partial charge in [-0.3, -0.25) is 4.99 Å². The zero-order valence-corrected chi connectivity index (χ0v) is 22.2. The van der Waals surface area contributed by atoms with Crippen molar-refractivity contribution in [2.75, 3.05) is 13.7 Å². The summed E-state index contributed by atoms with van der Waals surface area (Å²) in [6, 6.07) is 9.13. The lowest BCUT2D eigenvalue weighted by Gasteiger charge is -2.37. The maximum absolute atomic E-state index is 6.61. The summed E-state index contributed by atoms with van der Waals surface area (Å²) in [6.07, 6.45) is 6.72. The maximum Gasteiger partial charge on any atom is 0.192 e. The van der Waals surface area contributed by atoms with E-state index in [1.165, 1.54) is 11.1 Å². The van der Waals surface area contributed by atoms with Crippen LogP contribution in [-0.2, 0) is 15.8 Å². The van der Waals surface area contributed by atoms with Gasteiger partial charge in [0.15, 0.2) is 8.32 Å². The zero-order valence-electron chi connectivity index (χ0n) is 21.2. The minimum atomic E-state index is -1.85. The van der Waals surface area contributed by atoms with E-state index in [4.69, 9.17) is 14.2 Å². The summed E-state index contributed by atoms with van der Waals surface area (Å²) < 4.78 is 12.1. The molecule has 1 aromatic rings. The number of methoxy groups -OCH3 is 1. The number of benzene rings is 1. The summed E-state index contributed by atoms with van der Waals surface area (Å²) in [6.45, 7) is 19.4. The first-order chi connectivity index (χ1) is 14.5. The molecule has 31 heavy (non-hydrogen) atoms. The molecule has 0 N–H and O–H groups in total. The molecule has 5 heteroatoms. The smallest absolute Gasteiger partial charge is 0.192 e. The van der Waals surface area contributed by atoms with E-state index in [2.05, 4.69) is 96.1 Å². The Morgan fingerprint density at radius 1 is 1.23 bits per heavy atom. The van der Waals surface area contributed by atoms with Crippen molar-refractivity contribution in [2.45, 2.75) is 91.2 Å². The average molecular weight is 445 g/mol. The number of allylic oxidation sites excluding steroid dienone is 1. The predicted molar refractivity (Wildman–Crippen MR) is 135 cm³/mol. The number of hydrogen-bond donors (Lipinski definition) is 0. The standard InChI is InChI=1S/C26H44N2O2Si/c1-20(2)24(19-29-7)27-25(28-17-13-12-14-21(28)3)23-16-11-10-15-22(23)18-30-31(8,9)26(4,5)6/h10-11,13,15-17,20-21,24H,12,14,18-19H2,1-9H3/t21-,24+/m1/s1. The van der Waals surface area contributed by atoms with Crippen LogP contribution >= 0.6 is 0 Å². The summed E-state index contributed by atoms with van der Waals surface area (Å²) in [5.74, 6) is 1.43. The molecule has 174 valence electrons. The zero-order chi connectivity index (χ0) is 23.2. The molecule has 0 saturated heterocycles. The number of hydrogen-bond acceptors (Lipinski definition) is 3. The Morgan fingerprint density at radius 3 is 2.48 bits per heavy atom. The lowest BCUT2D eigenvalue weighted by Crippen LogP contribution is -2.41. The third kappa shape index (κ3) is 6.77. The third-order valence-electron chi connectivity index (χ3n) is 6.78. The molecule has 0 saturated carbocycles. The molecule has 0 aliphatic carbocycles. The number of aliphatic imine (C=N–C) groups is 1. The summed E-state index contributed by atoms with van der Waals surface area (Å²) >= 11 is 0. The highest BCUT2D eigenvalue weighted by atomic mass is 28.4. The van der Waals surface area contributed by atoms with Gasteiger partial charge in [-0.15, -0.1) is 0 Å². The van der Waals surface area contributed by atoms with Crippen LogP contribution in [0, 0.1) is 5.92 Å². The fraction of sp³-hybridized carbons (Fsp3) is 0.654. The van der Waals surface area contributed by atoms with Crippen LogP contribution in [0.5, 0.6) is 0 Å². The molecule has 1 aromatic carbocycles. The summed E-state index contributed by atoms with van der Waals surface area (Å²) in [7, 11) is -0.0895. The Labute approximate surface area is 191 Å². The molecule has 1 aliphatic rings. The molecule has 2 rings (SSSR count). The summed E-state index contributed by atoms with van der Waals surface area (Å²) in [5, 5.41) is 0.185. The van der Waals surface area contributed by atoms with Gasteiger partial charge in [-0.25, -0.2) is 0 Å². The van der Waals surface area contributed by atoms with Crippen molar-refractivity contribution in [1.29, 1.82) is 0 Å². The highest BCUT2D eigenvalue weighted by Gasteiger charge is 2.37. The van der Waals surface area contributed by atoms with Crippen molar-refractivity contribution in [1.82, 2.24) is 4.90 Å². The lowest BCUT2D eigenvalue weighted by atomic mass is 10.0. The van der Waals surface area contributed by atoms with E-state index in [1.807, 2.05) is 0 Å². The highest BCUT2D eigenvalue weighted by Crippen LogP contribution is 2.37. The topological polar surface area (TPSA) is 34.1 Å². The van der Waals surface area contributed by atoms with Gasteiger partial charge >= 0.3 is 0 Å². The van der Waals surface area contributed by atoms with Crippen molar-refractivity contribution in [3.05, 3.63) is 47.7 Å². The fourth-order valence-electron chi connectivity index (χ4n) is 3.41. The summed E-state index contributed by atoms with van der Waals surface area (Å²) in [4.78, 5) is 7.63. The molecule has 0 amide bonds. The first kappa shape index (κ1) is 25.8. The van der Waals surface area contributed by atoms with E-state index in [0.717, 1.165) is 18.7 Å². The lowest BCUT2D eigenvalue weighted by molar-refractivity contribution is 0.164. The van der Waals surface area contributed by atoms with Crippen molar-refractivity contribution in [3.8, 4) is 0 Å². The van der Waals surface area contributed by atoms with Crippen LogP contribution in [0.15, 0.2) is 41.5 Å². The average Bonchev–Trinajstić information content (AvgIpc) is 2.70. The molecular weight excluding hydrogens is 400 g/mol. The molecule has 4 nitrogen and oxygen atoms in total. The van der Waals surface area contributed by atoms with E-state index in [9.17, 15) is 0 Å². The molecule has 0 aromatic heterocycles. The normalized spacial score (nSPS) is 19.2. The minimum absolute atomic E-state index is 0.108. The van der Waals surface area contributed by atoms with Gasteiger partial charge in [0.1, 0.15) is 5.84 Å². The van der Waals surface area contributed by atoms with Gasteiger partial charge in [-0.05, 0) is 49.4 Å². The van der Waals surface area contributed by atoms with E-state index < -0.39 is 8.32 Å². The molecule has 1 aliphatic heterocycles. The van der Waals surface area contributed by atoms with Crippen LogP contribution in [0.3, 0.4) is 0 Å². The van der Waals surface area contributed by atoms with E-state index >= 15 is 0 Å². The Kier molecular flexibility index (Phi) is 9.11. The van der Waals surface area contributed by atoms with Gasteiger partial charge in [0, 0.05) is 24.9 Å². The SMILES string of the molecule is COC[C@H](N=C(c1ccccc1CO[Si](C)(C)C(C)(C)C)N1C=CCC[C@H]1C)C(C)C. The van der Waals surface area contributed by atoms with Gasteiger partial charge in [0.05, 0.1) is 19.3 Å². The van der Waals surface area contributed by atoms with Crippen molar-refractivity contribution in [2.24, 2.45) is 10.9 Å². The Balaban J connectivity index is 2.49. The van der Waals surface area contributed by atoms with Crippen LogP contribution in [0.4, 0.5) is 0 Å². The minimum Gasteiger partial charge on any atom is -0.413 e. The van der Waals surface area contributed by atoms with Crippen LogP contribution in [0.25, 0.3) is 0 Å². The molecule has 0 spiro atoms. The number of rotatable bonds is 8. The number of amidine groups is 1. The maximum atomic E-state index is 6.61. The van der Waals surface area contributed by atoms with Crippen LogP contribution in [0.1, 0.15) is 65.5 Å². The van der Waals surface area contributed by atoms with Gasteiger partial charge in [0.2, 0.25) is 0 Å². The van der Waals surface area contributed by atoms with Crippen molar-refractivity contribution in [3.63, 3.8) is 0 Å². The number of nitrogens with zero attached hydrogens (tertiary/aromatic N) is 2. The van der Waals surface area contributed by atoms with Crippen LogP contribution in [-0.4, -0.2) is 44.9 Å². The van der Waals surface area contributed by atoms with E-state index in [1.54, 1.807) is 7.11 Å². The molecule has 0 radical (unpaired) electrons. The second kappa shape index (κ2) is 10.9. The molecule has 1 heterocycles. The first-order valence-corrected chi connectivity index (χ1v) is 14.6. The highest BCUT2D eigenvalue weighted by molar-refractivity contribution is 6.74.